The first-order chi connectivity index (χ1) is 11.7. The van der Waals surface area contributed by atoms with E-state index in [1.54, 1.807) is 0 Å². The fourth-order valence-electron chi connectivity index (χ4n) is 3.09. The highest BCUT2D eigenvalue weighted by atomic mass is 32.1. The number of nitrogens with one attached hydrogen (secondary N) is 2. The topological polar surface area (TPSA) is 61.4 Å². The minimum absolute atomic E-state index is 0.0968. The van der Waals surface area contributed by atoms with Gasteiger partial charge in [-0.3, -0.25) is 0 Å². The summed E-state index contributed by atoms with van der Waals surface area (Å²) in [5, 5.41) is 16.4. The van der Waals surface area contributed by atoms with Crippen molar-refractivity contribution in [2.75, 3.05) is 0 Å². The van der Waals surface area contributed by atoms with Crippen LogP contribution in [0.3, 0.4) is 0 Å². The zero-order valence-electron chi connectivity index (χ0n) is 13.7. The van der Waals surface area contributed by atoms with Gasteiger partial charge < -0.3 is 15.7 Å². The molecule has 1 fully saturated rings. The van der Waals surface area contributed by atoms with E-state index in [0.717, 1.165) is 28.2 Å². The maximum Gasteiger partial charge on any atom is 0.315 e. The van der Waals surface area contributed by atoms with E-state index in [4.69, 9.17) is 0 Å². The van der Waals surface area contributed by atoms with Gasteiger partial charge in [0.15, 0.2) is 0 Å². The van der Waals surface area contributed by atoms with Crippen LogP contribution in [-0.4, -0.2) is 17.2 Å². The van der Waals surface area contributed by atoms with Crippen molar-refractivity contribution in [2.45, 2.75) is 50.8 Å². The maximum absolute atomic E-state index is 12.0. The third-order valence-corrected chi connectivity index (χ3v) is 5.57. The third kappa shape index (κ3) is 4.58. The van der Waals surface area contributed by atoms with Crippen molar-refractivity contribution in [1.29, 1.82) is 0 Å². The highest BCUT2D eigenvalue weighted by molar-refractivity contribution is 7.12. The van der Waals surface area contributed by atoms with Crippen LogP contribution in [0.25, 0.3) is 0 Å². The molecule has 0 aliphatic heterocycles. The van der Waals surface area contributed by atoms with Crippen LogP contribution >= 0.6 is 11.3 Å². The van der Waals surface area contributed by atoms with Gasteiger partial charge in [-0.2, -0.15) is 0 Å². The van der Waals surface area contributed by atoms with Crippen LogP contribution in [0, 0.1) is 0 Å². The van der Waals surface area contributed by atoms with Crippen molar-refractivity contribution in [3.05, 3.63) is 57.8 Å². The standard InChI is InChI=1S/C19H24N2O2S/c22-18(14-7-3-1-4-8-14)17-12-11-16(24-17)13-20-19(23)21-15-9-5-2-6-10-15/h1,3-4,7-8,11-12,15,18,22H,2,5-6,9-10,13H2,(H2,20,21,23). The van der Waals surface area contributed by atoms with Gasteiger partial charge in [0.25, 0.3) is 0 Å². The summed E-state index contributed by atoms with van der Waals surface area (Å²) >= 11 is 1.53. The molecule has 128 valence electrons. The van der Waals surface area contributed by atoms with Crippen LogP contribution in [-0.2, 0) is 6.54 Å². The molecule has 1 aromatic carbocycles. The van der Waals surface area contributed by atoms with Crippen LogP contribution in [0.5, 0.6) is 0 Å². The Bertz CT molecular complexity index is 650. The second-order valence-electron chi connectivity index (χ2n) is 6.28. The van der Waals surface area contributed by atoms with Gasteiger partial charge in [0.05, 0.1) is 6.54 Å². The number of carbonyl (C=O) groups is 1. The molecule has 1 aromatic heterocycles. The van der Waals surface area contributed by atoms with Crippen molar-refractivity contribution >= 4 is 17.4 Å². The normalized spacial score (nSPS) is 16.5. The lowest BCUT2D eigenvalue weighted by molar-refractivity contribution is 0.224. The highest BCUT2D eigenvalue weighted by Crippen LogP contribution is 2.28. The van der Waals surface area contributed by atoms with E-state index < -0.39 is 6.10 Å². The lowest BCUT2D eigenvalue weighted by atomic mass is 9.96. The summed E-state index contributed by atoms with van der Waals surface area (Å²) in [6.07, 6.45) is 5.25. The number of rotatable bonds is 5. The number of aliphatic hydroxyl groups is 1. The van der Waals surface area contributed by atoms with E-state index in [1.165, 1.54) is 30.6 Å². The second-order valence-corrected chi connectivity index (χ2v) is 7.48. The molecule has 2 amide bonds. The molecule has 1 atom stereocenters. The zero-order valence-corrected chi connectivity index (χ0v) is 14.5. The van der Waals surface area contributed by atoms with Gasteiger partial charge in [0.1, 0.15) is 6.10 Å². The van der Waals surface area contributed by atoms with E-state index in [1.807, 2.05) is 42.5 Å². The van der Waals surface area contributed by atoms with Crippen molar-refractivity contribution in [3.63, 3.8) is 0 Å². The number of benzene rings is 1. The Morgan fingerprint density at radius 1 is 1.12 bits per heavy atom. The molecule has 1 unspecified atom stereocenters. The molecule has 0 spiro atoms. The SMILES string of the molecule is O=C(NCc1ccc(C(O)c2ccccc2)s1)NC1CCCCC1. The molecular weight excluding hydrogens is 320 g/mol. The molecule has 0 bridgehead atoms. The second kappa shape index (κ2) is 8.31. The molecule has 0 radical (unpaired) electrons. The molecule has 1 aliphatic rings. The average molecular weight is 344 g/mol. The van der Waals surface area contributed by atoms with E-state index >= 15 is 0 Å². The van der Waals surface area contributed by atoms with Gasteiger partial charge >= 0.3 is 6.03 Å². The van der Waals surface area contributed by atoms with Gasteiger partial charge in [-0.1, -0.05) is 49.6 Å². The lowest BCUT2D eigenvalue weighted by Gasteiger charge is -2.22. The van der Waals surface area contributed by atoms with Gasteiger partial charge in [-0.05, 0) is 30.5 Å². The molecule has 1 saturated carbocycles. The lowest BCUT2D eigenvalue weighted by Crippen LogP contribution is -2.42. The van der Waals surface area contributed by atoms with Crippen LogP contribution in [0.15, 0.2) is 42.5 Å². The minimum atomic E-state index is -0.610. The van der Waals surface area contributed by atoms with E-state index in [2.05, 4.69) is 10.6 Å². The van der Waals surface area contributed by atoms with Crippen LogP contribution < -0.4 is 10.6 Å². The van der Waals surface area contributed by atoms with Gasteiger partial charge in [-0.15, -0.1) is 11.3 Å². The average Bonchev–Trinajstić information content (AvgIpc) is 3.10. The molecule has 3 N–H and O–H groups in total. The molecular formula is C19H24N2O2S. The Labute approximate surface area is 146 Å². The Kier molecular flexibility index (Phi) is 5.88. The predicted molar refractivity (Wildman–Crippen MR) is 97.1 cm³/mol. The predicted octanol–water partition coefficient (Wildman–Crippen LogP) is 3.96. The molecule has 24 heavy (non-hydrogen) atoms. The summed E-state index contributed by atoms with van der Waals surface area (Å²) in [5.74, 6) is 0. The monoisotopic (exact) mass is 344 g/mol. The summed E-state index contributed by atoms with van der Waals surface area (Å²) in [6.45, 7) is 0.491. The molecule has 1 aliphatic carbocycles. The minimum Gasteiger partial charge on any atom is -0.383 e. The Morgan fingerprint density at radius 3 is 2.62 bits per heavy atom. The number of hydrogen-bond donors (Lipinski definition) is 3. The van der Waals surface area contributed by atoms with Crippen LogP contribution in [0.4, 0.5) is 4.79 Å². The van der Waals surface area contributed by atoms with Crippen molar-refractivity contribution < 1.29 is 9.90 Å². The smallest absolute Gasteiger partial charge is 0.315 e. The fourth-order valence-corrected chi connectivity index (χ4v) is 4.05. The van der Waals surface area contributed by atoms with Crippen molar-refractivity contribution in [1.82, 2.24) is 10.6 Å². The molecule has 0 saturated heterocycles. The molecule has 1 heterocycles. The van der Waals surface area contributed by atoms with Gasteiger partial charge in [-0.25, -0.2) is 4.79 Å². The third-order valence-electron chi connectivity index (χ3n) is 4.43. The summed E-state index contributed by atoms with van der Waals surface area (Å²) in [7, 11) is 0. The largest absolute Gasteiger partial charge is 0.383 e. The number of aliphatic hydroxyl groups excluding tert-OH is 1. The summed E-state index contributed by atoms with van der Waals surface area (Å²) in [4.78, 5) is 13.9. The molecule has 3 rings (SSSR count). The van der Waals surface area contributed by atoms with Gasteiger partial charge in [0.2, 0.25) is 0 Å². The number of urea groups is 1. The zero-order chi connectivity index (χ0) is 16.8. The number of carbonyl (C=O) groups excluding carboxylic acids is 1. The van der Waals surface area contributed by atoms with E-state index in [0.29, 0.717) is 12.6 Å². The quantitative estimate of drug-likeness (QED) is 0.769. The highest BCUT2D eigenvalue weighted by Gasteiger charge is 2.16. The maximum atomic E-state index is 12.0. The first-order valence-corrected chi connectivity index (χ1v) is 9.40. The fraction of sp³-hybridized carbons (Fsp3) is 0.421. The van der Waals surface area contributed by atoms with Crippen LogP contribution in [0.1, 0.15) is 53.5 Å². The Balaban J connectivity index is 1.49. The molecule has 5 heteroatoms. The molecule has 2 aromatic rings. The van der Waals surface area contributed by atoms with Gasteiger partial charge in [0, 0.05) is 15.8 Å². The van der Waals surface area contributed by atoms with Crippen LogP contribution in [0.2, 0.25) is 0 Å². The number of hydrogen-bond acceptors (Lipinski definition) is 3. The summed E-state index contributed by atoms with van der Waals surface area (Å²) in [5.41, 5.74) is 0.883. The van der Waals surface area contributed by atoms with Crippen molar-refractivity contribution in [3.8, 4) is 0 Å². The van der Waals surface area contributed by atoms with E-state index in [9.17, 15) is 9.90 Å². The van der Waals surface area contributed by atoms with Crippen molar-refractivity contribution in [2.24, 2.45) is 0 Å². The summed E-state index contributed by atoms with van der Waals surface area (Å²) in [6, 6.07) is 13.7. The number of amides is 2. The Morgan fingerprint density at radius 2 is 1.88 bits per heavy atom. The van der Waals surface area contributed by atoms with E-state index in [-0.39, 0.29) is 6.03 Å². The first kappa shape index (κ1) is 17.0. The number of thiophene rings is 1. The Hall–Kier alpha value is -1.85. The summed E-state index contributed by atoms with van der Waals surface area (Å²) < 4.78 is 0. The first-order valence-electron chi connectivity index (χ1n) is 8.58. The molecule has 4 nitrogen and oxygen atoms in total.